The minimum atomic E-state index is -3.91. The second-order valence-corrected chi connectivity index (χ2v) is 13.5. The first-order chi connectivity index (χ1) is 18.4. The van der Waals surface area contributed by atoms with E-state index in [1.165, 1.54) is 59.9 Å². The van der Waals surface area contributed by atoms with E-state index >= 15 is 0 Å². The zero-order valence-electron chi connectivity index (χ0n) is 21.8. The van der Waals surface area contributed by atoms with E-state index in [0.29, 0.717) is 41.0 Å². The maximum atomic E-state index is 13.2. The highest BCUT2D eigenvalue weighted by Gasteiger charge is 2.29. The molecule has 1 amide bonds. The van der Waals surface area contributed by atoms with Gasteiger partial charge in [0.05, 0.1) is 28.2 Å². The van der Waals surface area contributed by atoms with Crippen molar-refractivity contribution >= 4 is 48.9 Å². The fourth-order valence-corrected chi connectivity index (χ4v) is 7.01. The number of amides is 1. The molecule has 1 aliphatic heterocycles. The summed E-state index contributed by atoms with van der Waals surface area (Å²) in [6.45, 7) is 4.71. The first-order valence-electron chi connectivity index (χ1n) is 12.3. The smallest absolute Gasteiger partial charge is 0.261 e. The molecule has 12 heteroatoms. The zero-order valence-corrected chi connectivity index (χ0v) is 24.2. The molecule has 0 atom stereocenters. The normalized spacial score (nSPS) is 15.1. The molecule has 1 saturated heterocycles. The molecule has 0 aromatic heterocycles. The molecule has 0 saturated carbocycles. The Morgan fingerprint density at radius 2 is 1.59 bits per heavy atom. The number of hydrogen-bond donors (Lipinski definition) is 2. The van der Waals surface area contributed by atoms with E-state index in [4.69, 9.17) is 16.3 Å². The van der Waals surface area contributed by atoms with Crippen LogP contribution in [-0.2, 0) is 20.0 Å². The molecule has 1 heterocycles. The number of nitrogens with one attached hydrogen (secondary N) is 2. The standard InChI is InChI=1S/C27H30ClN3O6S2/c1-18-12-14-31(15-13-18)39(35,36)23-10-11-26(37-3)24(17-23)27(32)29-21-6-8-22(9-7-21)38(33,34)30-25-16-20(28)5-4-19(25)2/h4-11,16-18,30H,12-15H2,1-3H3,(H,29,32). The molecule has 3 aromatic carbocycles. The first kappa shape index (κ1) is 28.9. The number of benzene rings is 3. The maximum absolute atomic E-state index is 13.2. The lowest BCUT2D eigenvalue weighted by molar-refractivity contribution is 0.102. The second-order valence-electron chi connectivity index (χ2n) is 9.49. The number of anilines is 2. The fraction of sp³-hybridized carbons (Fsp3) is 0.296. The molecule has 2 N–H and O–H groups in total. The van der Waals surface area contributed by atoms with Gasteiger partial charge < -0.3 is 10.1 Å². The topological polar surface area (TPSA) is 122 Å². The van der Waals surface area contributed by atoms with Gasteiger partial charge in [0.1, 0.15) is 5.75 Å². The molecule has 0 unspecified atom stereocenters. The molecule has 1 fully saturated rings. The summed E-state index contributed by atoms with van der Waals surface area (Å²) in [7, 11) is -6.30. The van der Waals surface area contributed by atoms with Crippen molar-refractivity contribution in [2.75, 3.05) is 30.2 Å². The van der Waals surface area contributed by atoms with Crippen molar-refractivity contribution in [3.05, 3.63) is 76.8 Å². The predicted molar refractivity (Wildman–Crippen MR) is 152 cm³/mol. The van der Waals surface area contributed by atoms with Gasteiger partial charge in [-0.1, -0.05) is 24.6 Å². The number of aryl methyl sites for hydroxylation is 1. The van der Waals surface area contributed by atoms with E-state index < -0.39 is 26.0 Å². The van der Waals surface area contributed by atoms with Crippen LogP contribution in [0.2, 0.25) is 5.02 Å². The van der Waals surface area contributed by atoms with Crippen LogP contribution in [0, 0.1) is 12.8 Å². The minimum absolute atomic E-state index is 0.00632. The molecule has 0 radical (unpaired) electrons. The number of piperidine rings is 1. The number of hydrogen-bond acceptors (Lipinski definition) is 6. The third kappa shape index (κ3) is 6.55. The Bertz CT molecular complexity index is 1580. The summed E-state index contributed by atoms with van der Waals surface area (Å²) in [6.07, 6.45) is 1.56. The van der Waals surface area contributed by atoms with Crippen molar-refractivity contribution in [1.29, 1.82) is 0 Å². The third-order valence-electron chi connectivity index (χ3n) is 6.66. The Hall–Kier alpha value is -3.12. The van der Waals surface area contributed by atoms with Gasteiger partial charge in [0.15, 0.2) is 0 Å². The fourth-order valence-electron chi connectivity index (χ4n) is 4.22. The molecular formula is C27H30ClN3O6S2. The highest BCUT2D eigenvalue weighted by Crippen LogP contribution is 2.29. The van der Waals surface area contributed by atoms with Crippen LogP contribution >= 0.6 is 11.6 Å². The minimum Gasteiger partial charge on any atom is -0.496 e. The molecule has 208 valence electrons. The Kier molecular flexibility index (Phi) is 8.55. The number of carbonyl (C=O) groups excluding carboxylic acids is 1. The maximum Gasteiger partial charge on any atom is 0.261 e. The van der Waals surface area contributed by atoms with Gasteiger partial charge in [-0.2, -0.15) is 4.31 Å². The quantitative estimate of drug-likeness (QED) is 0.374. The highest BCUT2D eigenvalue weighted by molar-refractivity contribution is 7.92. The van der Waals surface area contributed by atoms with Crippen molar-refractivity contribution < 1.29 is 26.4 Å². The van der Waals surface area contributed by atoms with Crippen LogP contribution in [0.15, 0.2) is 70.5 Å². The van der Waals surface area contributed by atoms with Gasteiger partial charge in [0.2, 0.25) is 10.0 Å². The SMILES string of the molecule is COc1ccc(S(=O)(=O)N2CCC(C)CC2)cc1C(=O)Nc1ccc(S(=O)(=O)Nc2cc(Cl)ccc2C)cc1. The molecule has 0 aliphatic carbocycles. The van der Waals surface area contributed by atoms with E-state index in [2.05, 4.69) is 17.0 Å². The number of methoxy groups -OCH3 is 1. The summed E-state index contributed by atoms with van der Waals surface area (Å²) in [5.41, 5.74) is 1.43. The molecular weight excluding hydrogens is 562 g/mol. The van der Waals surface area contributed by atoms with E-state index in [1.807, 2.05) is 0 Å². The van der Waals surface area contributed by atoms with Crippen LogP contribution in [0.25, 0.3) is 0 Å². The number of halogens is 1. The van der Waals surface area contributed by atoms with E-state index in [1.54, 1.807) is 19.1 Å². The van der Waals surface area contributed by atoms with Crippen molar-refractivity contribution in [2.45, 2.75) is 36.5 Å². The van der Waals surface area contributed by atoms with Crippen LogP contribution in [0.3, 0.4) is 0 Å². The average Bonchev–Trinajstić information content (AvgIpc) is 2.90. The molecule has 9 nitrogen and oxygen atoms in total. The molecule has 1 aliphatic rings. The number of nitrogens with zero attached hydrogens (tertiary/aromatic N) is 1. The van der Waals surface area contributed by atoms with E-state index in [0.717, 1.165) is 12.8 Å². The number of ether oxygens (including phenoxy) is 1. The van der Waals surface area contributed by atoms with Gasteiger partial charge >= 0.3 is 0 Å². The van der Waals surface area contributed by atoms with Gasteiger partial charge in [-0.05, 0) is 85.8 Å². The monoisotopic (exact) mass is 591 g/mol. The van der Waals surface area contributed by atoms with Crippen molar-refractivity contribution in [1.82, 2.24) is 4.31 Å². The number of sulfonamides is 2. The summed E-state index contributed by atoms with van der Waals surface area (Å²) in [4.78, 5) is 13.1. The van der Waals surface area contributed by atoms with E-state index in [-0.39, 0.29) is 21.1 Å². The second kappa shape index (κ2) is 11.5. The van der Waals surface area contributed by atoms with Crippen LogP contribution < -0.4 is 14.8 Å². The lowest BCUT2D eigenvalue weighted by Crippen LogP contribution is -2.37. The molecule has 0 bridgehead atoms. The summed E-state index contributed by atoms with van der Waals surface area (Å²) in [5.74, 6) is 0.0743. The van der Waals surface area contributed by atoms with Crippen LogP contribution in [0.5, 0.6) is 5.75 Å². The summed E-state index contributed by atoms with van der Waals surface area (Å²) >= 11 is 5.99. The Labute approximate surface area is 234 Å². The van der Waals surface area contributed by atoms with Crippen molar-refractivity contribution in [3.8, 4) is 5.75 Å². The summed E-state index contributed by atoms with van der Waals surface area (Å²) in [5, 5.41) is 3.08. The van der Waals surface area contributed by atoms with Crippen LogP contribution in [0.4, 0.5) is 11.4 Å². The van der Waals surface area contributed by atoms with Crippen molar-refractivity contribution in [2.24, 2.45) is 5.92 Å². The van der Waals surface area contributed by atoms with Crippen molar-refractivity contribution in [3.63, 3.8) is 0 Å². The first-order valence-corrected chi connectivity index (χ1v) is 15.6. The third-order valence-corrected chi connectivity index (χ3v) is 10.2. The molecule has 4 rings (SSSR count). The Morgan fingerprint density at radius 3 is 2.23 bits per heavy atom. The van der Waals surface area contributed by atoms with Gasteiger partial charge in [-0.3, -0.25) is 9.52 Å². The lowest BCUT2D eigenvalue weighted by Gasteiger charge is -2.29. The van der Waals surface area contributed by atoms with Gasteiger partial charge in [0, 0.05) is 23.8 Å². The Morgan fingerprint density at radius 1 is 0.949 bits per heavy atom. The molecule has 39 heavy (non-hydrogen) atoms. The average molecular weight is 592 g/mol. The predicted octanol–water partition coefficient (Wildman–Crippen LogP) is 5.13. The largest absolute Gasteiger partial charge is 0.496 e. The zero-order chi connectivity index (χ0) is 28.4. The Balaban J connectivity index is 1.53. The molecule has 3 aromatic rings. The summed E-state index contributed by atoms with van der Waals surface area (Å²) in [6, 6.07) is 14.7. The van der Waals surface area contributed by atoms with E-state index in [9.17, 15) is 21.6 Å². The number of carbonyl (C=O) groups is 1. The number of rotatable bonds is 8. The van der Waals surface area contributed by atoms with Gasteiger partial charge in [-0.15, -0.1) is 0 Å². The summed E-state index contributed by atoms with van der Waals surface area (Å²) < 4.78 is 61.4. The van der Waals surface area contributed by atoms with Gasteiger partial charge in [0.25, 0.3) is 15.9 Å². The highest BCUT2D eigenvalue weighted by atomic mass is 35.5. The lowest BCUT2D eigenvalue weighted by atomic mass is 10.0. The molecule has 0 spiro atoms. The van der Waals surface area contributed by atoms with Crippen LogP contribution in [-0.4, -0.2) is 47.2 Å². The van der Waals surface area contributed by atoms with Crippen LogP contribution in [0.1, 0.15) is 35.7 Å². The van der Waals surface area contributed by atoms with Gasteiger partial charge in [-0.25, -0.2) is 16.8 Å².